The first kappa shape index (κ1) is 24.8. The number of hydrogen-bond acceptors (Lipinski definition) is 5. The molecule has 0 aromatic heterocycles. The van der Waals surface area contributed by atoms with Crippen molar-refractivity contribution in [1.82, 2.24) is 15.5 Å². The summed E-state index contributed by atoms with van der Waals surface area (Å²) in [6, 6.07) is 14.6. The monoisotopic (exact) mass is 500 g/mol. The molecule has 1 aliphatic carbocycles. The molecule has 3 aliphatic rings. The zero-order chi connectivity index (χ0) is 26.3. The fourth-order valence-electron chi connectivity index (χ4n) is 5.77. The van der Waals surface area contributed by atoms with E-state index in [0.717, 1.165) is 41.5 Å². The maximum atomic E-state index is 13.3. The normalized spacial score (nSPS) is 22.7. The third-order valence-electron chi connectivity index (χ3n) is 7.45. The van der Waals surface area contributed by atoms with Crippen LogP contribution in [0.15, 0.2) is 42.5 Å². The highest BCUT2D eigenvalue weighted by Crippen LogP contribution is 2.43. The van der Waals surface area contributed by atoms with E-state index in [9.17, 15) is 19.6 Å². The van der Waals surface area contributed by atoms with Crippen molar-refractivity contribution in [3.8, 4) is 17.2 Å². The summed E-state index contributed by atoms with van der Waals surface area (Å²) in [6.45, 7) is 5.98. The molecule has 2 aliphatic heterocycles. The molecule has 2 aromatic carbocycles. The van der Waals surface area contributed by atoms with Gasteiger partial charge < -0.3 is 15.4 Å². The number of piperidine rings is 1. The standard InChI is InChI=1S/C29H32N4O4/c1-29(2,3)37-28(36)33-23-10-8-20(14-23)25(33)27(35)32-22(15-30)12-17-4-6-18(7-5-17)19-9-11-24-21(13-19)16-31-26(24)34/h4-7,9,11,13,20,22-23,25H,8,10,12,14,16H2,1-3H3,(H,31,34)(H,32,35)/t20-,22-,23+,25-/m0/s1. The lowest BCUT2D eigenvalue weighted by atomic mass is 9.96. The van der Waals surface area contributed by atoms with Crippen LogP contribution in [0.5, 0.6) is 0 Å². The Bertz CT molecular complexity index is 1270. The molecule has 2 fully saturated rings. The quantitative estimate of drug-likeness (QED) is 0.646. The van der Waals surface area contributed by atoms with Crippen molar-refractivity contribution < 1.29 is 19.1 Å². The first-order valence-corrected chi connectivity index (χ1v) is 12.8. The summed E-state index contributed by atoms with van der Waals surface area (Å²) in [5, 5.41) is 15.5. The molecule has 0 radical (unpaired) electrons. The first-order valence-electron chi connectivity index (χ1n) is 12.8. The lowest BCUT2D eigenvalue weighted by Crippen LogP contribution is -2.55. The van der Waals surface area contributed by atoms with Crippen LogP contribution in [0.2, 0.25) is 0 Å². The lowest BCUT2D eigenvalue weighted by molar-refractivity contribution is -0.128. The number of nitriles is 1. The molecule has 192 valence electrons. The zero-order valence-corrected chi connectivity index (χ0v) is 21.4. The van der Waals surface area contributed by atoms with Crippen LogP contribution in [0.1, 0.15) is 61.5 Å². The van der Waals surface area contributed by atoms with Gasteiger partial charge in [0.2, 0.25) is 5.91 Å². The number of likely N-dealkylation sites (tertiary alicyclic amines) is 1. The Balaban J connectivity index is 1.24. The SMILES string of the molecule is CC(C)(C)OC(=O)N1[C@@H]2CC[C@@H](C2)[C@H]1C(=O)N[C@H](C#N)Cc1ccc(-c2ccc3c(c2)CNC3=O)cc1. The second-order valence-electron chi connectivity index (χ2n) is 11.2. The van der Waals surface area contributed by atoms with E-state index in [0.29, 0.717) is 18.5 Å². The number of nitrogens with zero attached hydrogens (tertiary/aromatic N) is 2. The Hall–Kier alpha value is -3.86. The Morgan fingerprint density at radius 3 is 2.59 bits per heavy atom. The number of fused-ring (bicyclic) bond motifs is 3. The molecule has 37 heavy (non-hydrogen) atoms. The van der Waals surface area contributed by atoms with Gasteiger partial charge in [-0.2, -0.15) is 5.26 Å². The number of carbonyl (C=O) groups excluding carboxylic acids is 3. The van der Waals surface area contributed by atoms with Gasteiger partial charge >= 0.3 is 6.09 Å². The molecule has 0 unspecified atom stereocenters. The van der Waals surface area contributed by atoms with Crippen LogP contribution in [0, 0.1) is 17.2 Å². The van der Waals surface area contributed by atoms with Crippen molar-refractivity contribution in [2.75, 3.05) is 0 Å². The summed E-state index contributed by atoms with van der Waals surface area (Å²) < 4.78 is 5.58. The van der Waals surface area contributed by atoms with Gasteiger partial charge in [0.15, 0.2) is 0 Å². The molecule has 0 spiro atoms. The van der Waals surface area contributed by atoms with Gasteiger partial charge in [-0.05, 0) is 80.3 Å². The Kier molecular flexibility index (Phi) is 6.40. The molecule has 2 heterocycles. The maximum Gasteiger partial charge on any atom is 0.411 e. The van der Waals surface area contributed by atoms with Crippen molar-refractivity contribution in [2.45, 2.75) is 76.7 Å². The highest BCUT2D eigenvalue weighted by molar-refractivity contribution is 5.98. The molecule has 8 nitrogen and oxygen atoms in total. The topological polar surface area (TPSA) is 112 Å². The molecular formula is C29H32N4O4. The van der Waals surface area contributed by atoms with E-state index in [1.165, 1.54) is 0 Å². The van der Waals surface area contributed by atoms with Crippen LogP contribution in [0.4, 0.5) is 4.79 Å². The second-order valence-corrected chi connectivity index (χ2v) is 11.2. The Morgan fingerprint density at radius 1 is 1.16 bits per heavy atom. The van der Waals surface area contributed by atoms with E-state index in [1.54, 1.807) is 4.90 Å². The van der Waals surface area contributed by atoms with Crippen LogP contribution < -0.4 is 10.6 Å². The minimum absolute atomic E-state index is 0.0109. The molecule has 2 bridgehead atoms. The van der Waals surface area contributed by atoms with Crippen LogP contribution in [-0.2, 0) is 22.5 Å². The van der Waals surface area contributed by atoms with Crippen molar-refractivity contribution >= 4 is 17.9 Å². The van der Waals surface area contributed by atoms with Crippen LogP contribution in [0.3, 0.4) is 0 Å². The molecule has 1 saturated heterocycles. The summed E-state index contributed by atoms with van der Waals surface area (Å²) >= 11 is 0. The number of amides is 3. The second kappa shape index (κ2) is 9.55. The van der Waals surface area contributed by atoms with Crippen LogP contribution >= 0.6 is 0 Å². The molecule has 4 atom stereocenters. The summed E-state index contributed by atoms with van der Waals surface area (Å²) in [4.78, 5) is 39.6. The molecule has 2 N–H and O–H groups in total. The number of carbonyl (C=O) groups is 3. The van der Waals surface area contributed by atoms with Gasteiger partial charge in [0.25, 0.3) is 5.91 Å². The molecule has 5 rings (SSSR count). The van der Waals surface area contributed by atoms with E-state index in [1.807, 2.05) is 63.2 Å². The van der Waals surface area contributed by atoms with Gasteiger partial charge in [0.1, 0.15) is 17.7 Å². The van der Waals surface area contributed by atoms with E-state index >= 15 is 0 Å². The largest absolute Gasteiger partial charge is 0.444 e. The van der Waals surface area contributed by atoms with Crippen LogP contribution in [-0.4, -0.2) is 46.5 Å². The van der Waals surface area contributed by atoms with Gasteiger partial charge in [-0.25, -0.2) is 4.79 Å². The van der Waals surface area contributed by atoms with Crippen molar-refractivity contribution in [3.05, 3.63) is 59.2 Å². The Labute approximate surface area is 217 Å². The van der Waals surface area contributed by atoms with E-state index in [2.05, 4.69) is 16.7 Å². The van der Waals surface area contributed by atoms with Gasteiger partial charge in [0, 0.05) is 24.6 Å². The predicted octanol–water partition coefficient (Wildman–Crippen LogP) is 3.94. The molecule has 3 amide bonds. The van der Waals surface area contributed by atoms with Crippen LogP contribution in [0.25, 0.3) is 11.1 Å². The lowest BCUT2D eigenvalue weighted by Gasteiger charge is -2.35. The van der Waals surface area contributed by atoms with Gasteiger partial charge in [0.05, 0.1) is 6.07 Å². The maximum absolute atomic E-state index is 13.3. The van der Waals surface area contributed by atoms with Crippen molar-refractivity contribution in [3.63, 3.8) is 0 Å². The fourth-order valence-corrected chi connectivity index (χ4v) is 5.77. The highest BCUT2D eigenvalue weighted by atomic mass is 16.6. The number of rotatable bonds is 5. The summed E-state index contributed by atoms with van der Waals surface area (Å²) in [7, 11) is 0. The average Bonchev–Trinajstić information content (AvgIpc) is 3.57. The van der Waals surface area contributed by atoms with E-state index in [4.69, 9.17) is 4.74 Å². The summed E-state index contributed by atoms with van der Waals surface area (Å²) in [5.74, 6) is -0.238. The third kappa shape index (κ3) is 5.04. The number of hydrogen-bond donors (Lipinski definition) is 2. The summed E-state index contributed by atoms with van der Waals surface area (Å²) in [6.07, 6.45) is 2.46. The van der Waals surface area contributed by atoms with Gasteiger partial charge in [-0.15, -0.1) is 0 Å². The minimum atomic E-state index is -0.713. The average molecular weight is 501 g/mol. The van der Waals surface area contributed by atoms with Crippen molar-refractivity contribution in [2.24, 2.45) is 5.92 Å². The number of benzene rings is 2. The molecule has 2 aromatic rings. The highest BCUT2D eigenvalue weighted by Gasteiger charge is 2.52. The Morgan fingerprint density at radius 2 is 1.89 bits per heavy atom. The molecular weight excluding hydrogens is 468 g/mol. The third-order valence-corrected chi connectivity index (χ3v) is 7.45. The summed E-state index contributed by atoms with van der Waals surface area (Å²) in [5.41, 5.74) is 4.01. The number of nitrogens with one attached hydrogen (secondary N) is 2. The fraction of sp³-hybridized carbons (Fsp3) is 0.448. The predicted molar refractivity (Wildman–Crippen MR) is 137 cm³/mol. The zero-order valence-electron chi connectivity index (χ0n) is 21.4. The van der Waals surface area contributed by atoms with Gasteiger partial charge in [-0.3, -0.25) is 14.5 Å². The molecule has 8 heteroatoms. The van der Waals surface area contributed by atoms with E-state index in [-0.39, 0.29) is 23.8 Å². The van der Waals surface area contributed by atoms with Crippen molar-refractivity contribution in [1.29, 1.82) is 5.26 Å². The smallest absolute Gasteiger partial charge is 0.411 e. The number of ether oxygens (including phenoxy) is 1. The minimum Gasteiger partial charge on any atom is -0.444 e. The van der Waals surface area contributed by atoms with Gasteiger partial charge in [-0.1, -0.05) is 30.3 Å². The molecule has 1 saturated carbocycles. The van der Waals surface area contributed by atoms with E-state index < -0.39 is 23.8 Å². The first-order chi connectivity index (χ1) is 17.6.